The maximum absolute atomic E-state index is 11.0. The van der Waals surface area contributed by atoms with E-state index in [2.05, 4.69) is 42.7 Å². The van der Waals surface area contributed by atoms with Gasteiger partial charge in [-0.2, -0.15) is 0 Å². The average molecular weight is 661 g/mol. The van der Waals surface area contributed by atoms with Crippen molar-refractivity contribution in [2.75, 3.05) is 19.8 Å². The molecular formula is C37H56O8S. The van der Waals surface area contributed by atoms with E-state index in [1.165, 1.54) is 10.4 Å². The van der Waals surface area contributed by atoms with Crippen LogP contribution in [0.3, 0.4) is 0 Å². The first-order valence-corrected chi connectivity index (χ1v) is 18.8. The molecule has 5 rings (SSSR count). The molecule has 4 fully saturated rings. The number of hydrogen-bond donors (Lipinski definition) is 1. The standard InChI is InChI=1S/C37H56O8S/c1-27-28(21-25-46-27)17-18-29(43-35-14-6-9-22-40-35)19-20-31-30(12-4-2-3-5-13-34(38)39)32(44-36-15-7-10-23-41-36)26-33(31)45-37-16-8-11-24-42-37/h2,4,19-21,25,29-33,35-37H,3,5-18,22-24,26H2,1H3,(H,38,39)/t29?,30-,31-,32+,33-,35+,36?,37?/m1/s1. The van der Waals surface area contributed by atoms with Crippen LogP contribution in [-0.4, -0.2) is 68.1 Å². The lowest BCUT2D eigenvalue weighted by molar-refractivity contribution is -0.203. The summed E-state index contributed by atoms with van der Waals surface area (Å²) in [6, 6.07) is 2.23. The third-order valence-corrected chi connectivity index (χ3v) is 10.7. The van der Waals surface area contributed by atoms with Crippen LogP contribution in [0.2, 0.25) is 0 Å². The van der Waals surface area contributed by atoms with E-state index in [1.807, 2.05) is 0 Å². The van der Waals surface area contributed by atoms with Crippen molar-refractivity contribution < 1.29 is 38.3 Å². The van der Waals surface area contributed by atoms with Gasteiger partial charge in [-0.3, -0.25) is 4.79 Å². The van der Waals surface area contributed by atoms with Crippen molar-refractivity contribution in [1.82, 2.24) is 0 Å². The zero-order valence-electron chi connectivity index (χ0n) is 27.7. The lowest BCUT2D eigenvalue weighted by Crippen LogP contribution is -2.31. The largest absolute Gasteiger partial charge is 0.481 e. The predicted molar refractivity (Wildman–Crippen MR) is 179 cm³/mol. The Labute approximate surface area is 279 Å². The monoisotopic (exact) mass is 660 g/mol. The smallest absolute Gasteiger partial charge is 0.303 e. The number of carbonyl (C=O) groups is 1. The number of ether oxygens (including phenoxy) is 6. The van der Waals surface area contributed by atoms with Crippen molar-refractivity contribution in [2.24, 2.45) is 11.8 Å². The minimum absolute atomic E-state index is 0.00971. The third kappa shape index (κ3) is 11.5. The number of aryl methyl sites for hydroxylation is 2. The van der Waals surface area contributed by atoms with Crippen LogP contribution in [0.4, 0.5) is 0 Å². The minimum atomic E-state index is -0.746. The van der Waals surface area contributed by atoms with Gasteiger partial charge in [-0.1, -0.05) is 24.3 Å². The van der Waals surface area contributed by atoms with Gasteiger partial charge < -0.3 is 33.5 Å². The van der Waals surface area contributed by atoms with E-state index in [0.29, 0.717) is 6.42 Å². The lowest BCUT2D eigenvalue weighted by atomic mass is 9.89. The number of thiophene rings is 1. The Kier molecular flexibility index (Phi) is 15.1. The van der Waals surface area contributed by atoms with Gasteiger partial charge in [0.1, 0.15) is 0 Å². The Morgan fingerprint density at radius 1 is 0.957 bits per heavy atom. The third-order valence-electron chi connectivity index (χ3n) is 9.81. The molecule has 1 aliphatic carbocycles. The van der Waals surface area contributed by atoms with E-state index >= 15 is 0 Å². The van der Waals surface area contributed by atoms with Crippen LogP contribution in [0, 0.1) is 18.8 Å². The molecule has 0 aromatic carbocycles. The molecule has 4 aliphatic rings. The summed E-state index contributed by atoms with van der Waals surface area (Å²) in [5.41, 5.74) is 1.39. The molecule has 1 saturated carbocycles. The number of allylic oxidation sites excluding steroid dienone is 2. The summed E-state index contributed by atoms with van der Waals surface area (Å²) in [6.45, 7) is 4.44. The number of aliphatic carboxylic acids is 1. The zero-order chi connectivity index (χ0) is 32.0. The molecule has 46 heavy (non-hydrogen) atoms. The molecule has 9 heteroatoms. The molecule has 0 bridgehead atoms. The molecule has 8 atom stereocenters. The van der Waals surface area contributed by atoms with Crippen LogP contribution in [0.25, 0.3) is 0 Å². The van der Waals surface area contributed by atoms with Gasteiger partial charge in [-0.15, -0.1) is 11.3 Å². The lowest BCUT2D eigenvalue weighted by Gasteiger charge is -2.30. The van der Waals surface area contributed by atoms with Crippen molar-refractivity contribution in [3.63, 3.8) is 0 Å². The van der Waals surface area contributed by atoms with Gasteiger partial charge in [0.05, 0.1) is 18.3 Å². The maximum atomic E-state index is 11.0. The Balaban J connectivity index is 1.34. The molecule has 4 heterocycles. The first kappa shape index (κ1) is 35.7. The van der Waals surface area contributed by atoms with Gasteiger partial charge in [0.2, 0.25) is 0 Å². The Bertz CT molecular complexity index is 1070. The van der Waals surface area contributed by atoms with Gasteiger partial charge in [0.25, 0.3) is 0 Å². The Morgan fingerprint density at radius 3 is 2.24 bits per heavy atom. The van der Waals surface area contributed by atoms with Crippen LogP contribution < -0.4 is 0 Å². The molecule has 8 nitrogen and oxygen atoms in total. The van der Waals surface area contributed by atoms with E-state index in [0.717, 1.165) is 110 Å². The Hall–Kier alpha value is -1.59. The van der Waals surface area contributed by atoms with E-state index in [-0.39, 0.29) is 55.4 Å². The molecule has 3 unspecified atom stereocenters. The summed E-state index contributed by atoms with van der Waals surface area (Å²) in [5.74, 6) is -0.439. The van der Waals surface area contributed by atoms with Gasteiger partial charge in [0.15, 0.2) is 18.9 Å². The maximum Gasteiger partial charge on any atom is 0.303 e. The highest BCUT2D eigenvalue weighted by Gasteiger charge is 2.45. The Morgan fingerprint density at radius 2 is 1.63 bits per heavy atom. The van der Waals surface area contributed by atoms with E-state index < -0.39 is 5.97 Å². The summed E-state index contributed by atoms with van der Waals surface area (Å²) in [4.78, 5) is 12.4. The molecular weight excluding hydrogens is 604 g/mol. The quantitative estimate of drug-likeness (QED) is 0.132. The number of rotatable bonds is 17. The van der Waals surface area contributed by atoms with Gasteiger partial charge in [0, 0.05) is 43.5 Å². The van der Waals surface area contributed by atoms with Crippen LogP contribution in [0.15, 0.2) is 35.8 Å². The van der Waals surface area contributed by atoms with Crippen LogP contribution >= 0.6 is 11.3 Å². The second-order valence-electron chi connectivity index (χ2n) is 13.3. The predicted octanol–water partition coefficient (Wildman–Crippen LogP) is 8.12. The van der Waals surface area contributed by atoms with Crippen molar-refractivity contribution in [3.8, 4) is 0 Å². The highest BCUT2D eigenvalue weighted by Crippen LogP contribution is 2.42. The van der Waals surface area contributed by atoms with Crippen LogP contribution in [0.5, 0.6) is 0 Å². The number of carboxylic acid groups (broad SMARTS) is 1. The molecule has 1 aromatic heterocycles. The normalized spacial score (nSPS) is 31.5. The summed E-state index contributed by atoms with van der Waals surface area (Å²) in [6.07, 6.45) is 22.8. The zero-order valence-corrected chi connectivity index (χ0v) is 28.5. The first-order chi connectivity index (χ1) is 22.5. The molecule has 3 saturated heterocycles. The fourth-order valence-electron chi connectivity index (χ4n) is 7.18. The van der Waals surface area contributed by atoms with Crippen LogP contribution in [-0.2, 0) is 39.6 Å². The fraction of sp³-hybridized carbons (Fsp3) is 0.757. The van der Waals surface area contributed by atoms with Crippen molar-refractivity contribution in [3.05, 3.63) is 46.2 Å². The molecule has 258 valence electrons. The molecule has 0 radical (unpaired) electrons. The molecule has 3 aliphatic heterocycles. The second kappa shape index (κ2) is 19.4. The van der Waals surface area contributed by atoms with Gasteiger partial charge in [-0.25, -0.2) is 0 Å². The second-order valence-corrected chi connectivity index (χ2v) is 14.4. The average Bonchev–Trinajstić information content (AvgIpc) is 3.63. The summed E-state index contributed by atoms with van der Waals surface area (Å²) in [7, 11) is 0. The topological polar surface area (TPSA) is 92.7 Å². The SMILES string of the molecule is Cc1sccc1CCC(C=C[C@@H]1[C@@H](CC=CCCCC(=O)O)[C@@H](OC2CCCCO2)C[C@H]1OC1CCCCO1)O[C@H]1CCCCO1. The van der Waals surface area contributed by atoms with E-state index in [4.69, 9.17) is 33.5 Å². The van der Waals surface area contributed by atoms with E-state index in [9.17, 15) is 4.79 Å². The summed E-state index contributed by atoms with van der Waals surface area (Å²) < 4.78 is 38.2. The highest BCUT2D eigenvalue weighted by atomic mass is 32.1. The van der Waals surface area contributed by atoms with Crippen molar-refractivity contribution in [1.29, 1.82) is 0 Å². The van der Waals surface area contributed by atoms with Crippen molar-refractivity contribution in [2.45, 2.75) is 147 Å². The number of carboxylic acids is 1. The number of unbranched alkanes of at least 4 members (excludes halogenated alkanes) is 1. The van der Waals surface area contributed by atoms with Gasteiger partial charge in [-0.05, 0) is 120 Å². The molecule has 0 amide bonds. The molecule has 1 N–H and O–H groups in total. The first-order valence-electron chi connectivity index (χ1n) is 17.9. The number of hydrogen-bond acceptors (Lipinski definition) is 8. The molecule has 1 aromatic rings. The minimum Gasteiger partial charge on any atom is -0.481 e. The summed E-state index contributed by atoms with van der Waals surface area (Å²) >= 11 is 1.80. The highest BCUT2D eigenvalue weighted by molar-refractivity contribution is 7.10. The van der Waals surface area contributed by atoms with Gasteiger partial charge >= 0.3 is 5.97 Å². The van der Waals surface area contributed by atoms with E-state index in [1.54, 1.807) is 11.3 Å². The van der Waals surface area contributed by atoms with Crippen LogP contribution in [0.1, 0.15) is 107 Å². The molecule has 0 spiro atoms. The fourth-order valence-corrected chi connectivity index (χ4v) is 7.93. The summed E-state index contributed by atoms with van der Waals surface area (Å²) in [5, 5.41) is 11.2. The van der Waals surface area contributed by atoms with Crippen molar-refractivity contribution >= 4 is 17.3 Å².